The number of nitrogens with zero attached hydrogens (tertiary/aromatic N) is 2. The van der Waals surface area contributed by atoms with Crippen LogP contribution in [0.1, 0.15) is 18.4 Å². The molecule has 0 fully saturated rings. The van der Waals surface area contributed by atoms with E-state index in [2.05, 4.69) is 4.74 Å². The zero-order chi connectivity index (χ0) is 23.8. The van der Waals surface area contributed by atoms with Crippen molar-refractivity contribution < 1.29 is 31.8 Å². The van der Waals surface area contributed by atoms with Gasteiger partial charge in [-0.3, -0.25) is 4.79 Å². The maximum absolute atomic E-state index is 13.2. The number of ether oxygens (including phenoxy) is 1. The van der Waals surface area contributed by atoms with E-state index in [9.17, 15) is 27.1 Å². The number of hydrogen-bond donors (Lipinski definition) is 1. The lowest BCUT2D eigenvalue weighted by Gasteiger charge is -2.28. The van der Waals surface area contributed by atoms with E-state index in [1.54, 1.807) is 24.0 Å². The molecule has 2 aromatic carbocycles. The van der Waals surface area contributed by atoms with Crippen molar-refractivity contribution in [3.8, 4) is 5.75 Å². The molecule has 0 radical (unpaired) electrons. The van der Waals surface area contributed by atoms with Crippen molar-refractivity contribution >= 4 is 15.9 Å². The fourth-order valence-corrected chi connectivity index (χ4v) is 5.73. The number of amides is 1. The number of rotatable bonds is 7. The molecule has 2 heterocycles. The summed E-state index contributed by atoms with van der Waals surface area (Å²) in [5.74, 6) is -1.01. The van der Waals surface area contributed by atoms with Crippen LogP contribution in [0.15, 0.2) is 70.6 Å². The summed E-state index contributed by atoms with van der Waals surface area (Å²) in [7, 11) is -3.83. The van der Waals surface area contributed by atoms with E-state index in [1.807, 2.05) is 18.2 Å². The molecule has 1 N–H and O–H groups in total. The molecule has 2 atom stereocenters. The molecule has 10 heteroatoms. The van der Waals surface area contributed by atoms with Gasteiger partial charge in [-0.2, -0.15) is 13.1 Å². The molecule has 33 heavy (non-hydrogen) atoms. The summed E-state index contributed by atoms with van der Waals surface area (Å²) in [6.07, 6.45) is -0.871. The molecule has 2 aliphatic rings. The third-order valence-corrected chi connectivity index (χ3v) is 7.71. The highest BCUT2D eigenvalue weighted by Gasteiger charge is 2.40. The number of aliphatic hydroxyl groups excluding tert-OH is 1. The highest BCUT2D eigenvalue weighted by molar-refractivity contribution is 7.89. The van der Waals surface area contributed by atoms with Crippen LogP contribution in [0.3, 0.4) is 0 Å². The Kier molecular flexibility index (Phi) is 6.51. The van der Waals surface area contributed by atoms with Crippen LogP contribution < -0.4 is 4.74 Å². The fraction of sp³-hybridized carbons (Fsp3) is 0.348. The number of alkyl halides is 2. The molecule has 0 aliphatic carbocycles. The Morgan fingerprint density at radius 2 is 1.55 bits per heavy atom. The van der Waals surface area contributed by atoms with Crippen LogP contribution in [0, 0.1) is 0 Å². The van der Waals surface area contributed by atoms with Crippen LogP contribution in [0.25, 0.3) is 0 Å². The number of benzene rings is 2. The summed E-state index contributed by atoms with van der Waals surface area (Å²) < 4.78 is 56.2. The zero-order valence-corrected chi connectivity index (χ0v) is 18.7. The summed E-state index contributed by atoms with van der Waals surface area (Å²) in [6.45, 7) is -0.491. The van der Waals surface area contributed by atoms with Crippen molar-refractivity contribution in [1.29, 1.82) is 0 Å². The molecule has 0 unspecified atom stereocenters. The van der Waals surface area contributed by atoms with Gasteiger partial charge in [0.05, 0.1) is 16.9 Å². The summed E-state index contributed by atoms with van der Waals surface area (Å²) in [5, 5.41) is 10.2. The SMILES string of the molecule is C[C@@H](O)[C@H](C(=O)N1CC2=C(C1)CN(S(=O)(=O)c1ccc(OC(F)F)cc1)C2)c1ccccc1. The molecule has 176 valence electrons. The summed E-state index contributed by atoms with van der Waals surface area (Å²) in [6, 6.07) is 13.9. The Balaban J connectivity index is 1.42. The molecule has 0 bridgehead atoms. The van der Waals surface area contributed by atoms with E-state index in [0.717, 1.165) is 16.7 Å². The standard InChI is InChI=1S/C23H24F2N2O5S/c1-15(28)21(16-5-3-2-4-6-16)22(29)26-11-17-13-27(14-18(17)12-26)33(30,31)20-9-7-19(8-10-20)32-23(24)25/h2-10,15,21,23,28H,11-14H2,1H3/t15-,21+/m1/s1. The number of carbonyl (C=O) groups is 1. The predicted octanol–water partition coefficient (Wildman–Crippen LogP) is 2.60. The second-order valence-corrected chi connectivity index (χ2v) is 10.1. The van der Waals surface area contributed by atoms with Gasteiger partial charge in [0.2, 0.25) is 15.9 Å². The lowest BCUT2D eigenvalue weighted by molar-refractivity contribution is -0.134. The largest absolute Gasteiger partial charge is 0.435 e. The molecular weight excluding hydrogens is 454 g/mol. The Morgan fingerprint density at radius 1 is 0.970 bits per heavy atom. The lowest BCUT2D eigenvalue weighted by atomic mass is 9.93. The summed E-state index contributed by atoms with van der Waals surface area (Å²) >= 11 is 0. The van der Waals surface area contributed by atoms with Gasteiger partial charge in [-0.1, -0.05) is 30.3 Å². The average molecular weight is 479 g/mol. The molecule has 7 nitrogen and oxygen atoms in total. The van der Waals surface area contributed by atoms with E-state index in [-0.39, 0.29) is 29.6 Å². The van der Waals surface area contributed by atoms with Gasteiger partial charge in [0.15, 0.2) is 0 Å². The van der Waals surface area contributed by atoms with E-state index < -0.39 is 28.7 Å². The van der Waals surface area contributed by atoms with Crippen LogP contribution in [-0.2, 0) is 14.8 Å². The van der Waals surface area contributed by atoms with E-state index in [1.165, 1.54) is 28.6 Å². The van der Waals surface area contributed by atoms with Crippen LogP contribution in [0.2, 0.25) is 0 Å². The Labute approximate surface area is 190 Å². The minimum Gasteiger partial charge on any atom is -0.435 e. The van der Waals surface area contributed by atoms with Gasteiger partial charge in [0.25, 0.3) is 0 Å². The van der Waals surface area contributed by atoms with Gasteiger partial charge in [0, 0.05) is 26.2 Å². The minimum absolute atomic E-state index is 0.0172. The molecule has 0 spiro atoms. The quantitative estimate of drug-likeness (QED) is 0.619. The third kappa shape index (κ3) is 4.78. The summed E-state index contributed by atoms with van der Waals surface area (Å²) in [5.41, 5.74) is 2.46. The first-order valence-corrected chi connectivity index (χ1v) is 11.9. The lowest BCUT2D eigenvalue weighted by Crippen LogP contribution is -2.40. The molecule has 0 saturated heterocycles. The van der Waals surface area contributed by atoms with Crippen LogP contribution in [0.4, 0.5) is 8.78 Å². The van der Waals surface area contributed by atoms with Crippen LogP contribution in [-0.4, -0.2) is 67.5 Å². The first kappa shape index (κ1) is 23.3. The van der Waals surface area contributed by atoms with Crippen molar-refractivity contribution in [1.82, 2.24) is 9.21 Å². The van der Waals surface area contributed by atoms with Crippen LogP contribution in [0.5, 0.6) is 5.75 Å². The molecule has 2 aliphatic heterocycles. The smallest absolute Gasteiger partial charge is 0.387 e. The molecule has 0 aromatic heterocycles. The van der Waals surface area contributed by atoms with Gasteiger partial charge in [-0.25, -0.2) is 8.42 Å². The predicted molar refractivity (Wildman–Crippen MR) is 116 cm³/mol. The van der Waals surface area contributed by atoms with Gasteiger partial charge in [-0.15, -0.1) is 0 Å². The number of hydrogen-bond acceptors (Lipinski definition) is 5. The molecule has 1 amide bonds. The van der Waals surface area contributed by atoms with Crippen molar-refractivity contribution in [2.24, 2.45) is 0 Å². The first-order chi connectivity index (χ1) is 15.7. The molecular formula is C23H24F2N2O5S. The van der Waals surface area contributed by atoms with Crippen LogP contribution >= 0.6 is 0 Å². The van der Waals surface area contributed by atoms with E-state index in [4.69, 9.17) is 0 Å². The number of sulfonamides is 1. The van der Waals surface area contributed by atoms with Crippen molar-refractivity contribution in [3.05, 3.63) is 71.3 Å². The van der Waals surface area contributed by atoms with Crippen molar-refractivity contribution in [2.75, 3.05) is 26.2 Å². The van der Waals surface area contributed by atoms with E-state index >= 15 is 0 Å². The third-order valence-electron chi connectivity index (χ3n) is 5.90. The van der Waals surface area contributed by atoms with E-state index in [0.29, 0.717) is 13.1 Å². The topological polar surface area (TPSA) is 87.2 Å². The Hall–Kier alpha value is -2.82. The molecule has 4 rings (SSSR count). The van der Waals surface area contributed by atoms with Gasteiger partial charge < -0.3 is 14.7 Å². The van der Waals surface area contributed by atoms with Gasteiger partial charge in [0.1, 0.15) is 5.75 Å². The molecule has 2 aromatic rings. The zero-order valence-electron chi connectivity index (χ0n) is 17.9. The highest BCUT2D eigenvalue weighted by Crippen LogP contribution is 2.33. The van der Waals surface area contributed by atoms with Gasteiger partial charge >= 0.3 is 6.61 Å². The number of halogens is 2. The first-order valence-electron chi connectivity index (χ1n) is 10.4. The normalized spacial score (nSPS) is 18.5. The maximum atomic E-state index is 13.2. The Morgan fingerprint density at radius 3 is 2.06 bits per heavy atom. The maximum Gasteiger partial charge on any atom is 0.387 e. The van der Waals surface area contributed by atoms with Crippen molar-refractivity contribution in [3.63, 3.8) is 0 Å². The monoisotopic (exact) mass is 478 g/mol. The fourth-order valence-electron chi connectivity index (χ4n) is 4.30. The Bertz CT molecular complexity index is 1130. The highest BCUT2D eigenvalue weighted by atomic mass is 32.2. The summed E-state index contributed by atoms with van der Waals surface area (Å²) in [4.78, 5) is 14.8. The van der Waals surface area contributed by atoms with Gasteiger partial charge in [-0.05, 0) is 47.9 Å². The van der Waals surface area contributed by atoms with Crippen molar-refractivity contribution in [2.45, 2.75) is 30.5 Å². The number of carbonyl (C=O) groups excluding carboxylic acids is 1. The second-order valence-electron chi connectivity index (χ2n) is 8.15. The minimum atomic E-state index is -3.83. The second kappa shape index (κ2) is 9.20. The average Bonchev–Trinajstić information content (AvgIpc) is 3.34. The number of aliphatic hydroxyl groups is 1. The molecule has 0 saturated carbocycles.